The van der Waals surface area contributed by atoms with Crippen LogP contribution < -0.4 is 11.1 Å². The molecule has 0 bridgehead atoms. The van der Waals surface area contributed by atoms with Crippen molar-refractivity contribution in [2.75, 3.05) is 6.54 Å². The molecule has 1 aromatic carbocycles. The molecule has 1 aromatic rings. The molecular weight excluding hydrogens is 351 g/mol. The Morgan fingerprint density at radius 1 is 1.47 bits per heavy atom. The minimum Gasteiger partial charge on any atom is -0.349 e. The van der Waals surface area contributed by atoms with Crippen LogP contribution in [0.25, 0.3) is 0 Å². The predicted octanol–water partition coefficient (Wildman–Crippen LogP) is 3.38. The third-order valence-electron chi connectivity index (χ3n) is 3.45. The van der Waals surface area contributed by atoms with Gasteiger partial charge in [-0.25, -0.2) is 0 Å². The Bertz CT molecular complexity index is 456. The van der Waals surface area contributed by atoms with Crippen LogP contribution in [0.15, 0.2) is 22.7 Å². The number of carbonyl (C=O) groups is 1. The third kappa shape index (κ3) is 4.09. The smallest absolute Gasteiger partial charge is 0.253 e. The van der Waals surface area contributed by atoms with Crippen LogP contribution in [-0.2, 0) is 0 Å². The largest absolute Gasteiger partial charge is 0.349 e. The quantitative estimate of drug-likeness (QED) is 0.860. The summed E-state index contributed by atoms with van der Waals surface area (Å²) in [7, 11) is 0. The normalized spacial score (nSPS) is 21.8. The van der Waals surface area contributed by atoms with E-state index < -0.39 is 0 Å². The fraction of sp³-hybridized carbons (Fsp3) is 0.462. The standard InChI is InChI=1S/C13H16BrClN2O.ClH/c14-9-4-5-11(15)10(6-9)13(18)17-12-3-1-2-8(12)7-16;/h4-6,8,12H,1-3,7,16H2,(H,17,18);1H. The molecule has 1 aliphatic rings. The van der Waals surface area contributed by atoms with Crippen LogP contribution in [0.3, 0.4) is 0 Å². The zero-order valence-electron chi connectivity index (χ0n) is 10.4. The molecule has 0 spiro atoms. The highest BCUT2D eigenvalue weighted by Crippen LogP contribution is 2.26. The van der Waals surface area contributed by atoms with Crippen molar-refractivity contribution in [3.05, 3.63) is 33.3 Å². The first-order chi connectivity index (χ1) is 8.61. The molecule has 3 N–H and O–H groups in total. The first-order valence-electron chi connectivity index (χ1n) is 6.08. The molecule has 1 aliphatic carbocycles. The Labute approximate surface area is 132 Å². The summed E-state index contributed by atoms with van der Waals surface area (Å²) >= 11 is 9.38. The van der Waals surface area contributed by atoms with E-state index in [9.17, 15) is 4.79 Å². The van der Waals surface area contributed by atoms with Gasteiger partial charge in [-0.15, -0.1) is 12.4 Å². The molecule has 106 valence electrons. The summed E-state index contributed by atoms with van der Waals surface area (Å²) in [6, 6.07) is 5.45. The van der Waals surface area contributed by atoms with Gasteiger partial charge in [-0.1, -0.05) is 34.0 Å². The number of carbonyl (C=O) groups excluding carboxylic acids is 1. The average molecular weight is 368 g/mol. The summed E-state index contributed by atoms with van der Waals surface area (Å²) in [5, 5.41) is 3.51. The lowest BCUT2D eigenvalue weighted by Crippen LogP contribution is -2.39. The van der Waals surface area contributed by atoms with E-state index in [1.807, 2.05) is 6.07 Å². The van der Waals surface area contributed by atoms with Crippen LogP contribution in [0.1, 0.15) is 29.6 Å². The maximum absolute atomic E-state index is 12.2. The summed E-state index contributed by atoms with van der Waals surface area (Å²) in [5.41, 5.74) is 6.22. The molecule has 0 radical (unpaired) electrons. The monoisotopic (exact) mass is 366 g/mol. The number of hydrogen-bond donors (Lipinski definition) is 2. The van der Waals surface area contributed by atoms with Gasteiger partial charge in [0.15, 0.2) is 0 Å². The Morgan fingerprint density at radius 2 is 2.21 bits per heavy atom. The van der Waals surface area contributed by atoms with E-state index in [4.69, 9.17) is 17.3 Å². The fourth-order valence-electron chi connectivity index (χ4n) is 2.43. The summed E-state index contributed by atoms with van der Waals surface area (Å²) in [5.74, 6) is 0.270. The molecule has 1 amide bonds. The van der Waals surface area contributed by atoms with Gasteiger partial charge in [0, 0.05) is 10.5 Å². The lowest BCUT2D eigenvalue weighted by atomic mass is 10.0. The molecule has 0 aliphatic heterocycles. The van der Waals surface area contributed by atoms with Gasteiger partial charge in [0.1, 0.15) is 0 Å². The molecule has 0 heterocycles. The SMILES string of the molecule is Cl.NCC1CCCC1NC(=O)c1cc(Br)ccc1Cl. The Hall–Kier alpha value is -0.290. The molecular formula is C13H17BrCl2N2O. The number of amides is 1. The molecule has 2 rings (SSSR count). The average Bonchev–Trinajstić information content (AvgIpc) is 2.79. The molecule has 2 atom stereocenters. The van der Waals surface area contributed by atoms with Crippen LogP contribution in [0, 0.1) is 5.92 Å². The van der Waals surface area contributed by atoms with E-state index in [-0.39, 0.29) is 24.4 Å². The van der Waals surface area contributed by atoms with Gasteiger partial charge < -0.3 is 11.1 Å². The highest BCUT2D eigenvalue weighted by Gasteiger charge is 2.28. The van der Waals surface area contributed by atoms with Crippen LogP contribution in [-0.4, -0.2) is 18.5 Å². The molecule has 0 aromatic heterocycles. The minimum atomic E-state index is -0.119. The number of hydrogen-bond acceptors (Lipinski definition) is 2. The first-order valence-corrected chi connectivity index (χ1v) is 7.25. The number of halogens is 3. The lowest BCUT2D eigenvalue weighted by molar-refractivity contribution is 0.0929. The van der Waals surface area contributed by atoms with E-state index in [1.54, 1.807) is 12.1 Å². The molecule has 2 unspecified atom stereocenters. The van der Waals surface area contributed by atoms with E-state index in [2.05, 4.69) is 21.2 Å². The maximum Gasteiger partial charge on any atom is 0.253 e. The van der Waals surface area contributed by atoms with Gasteiger partial charge >= 0.3 is 0 Å². The van der Waals surface area contributed by atoms with E-state index in [0.717, 1.165) is 23.7 Å². The van der Waals surface area contributed by atoms with Crippen LogP contribution in [0.4, 0.5) is 0 Å². The third-order valence-corrected chi connectivity index (χ3v) is 4.27. The zero-order valence-corrected chi connectivity index (χ0v) is 13.5. The molecule has 0 saturated heterocycles. The number of benzene rings is 1. The van der Waals surface area contributed by atoms with E-state index in [0.29, 0.717) is 23.0 Å². The highest BCUT2D eigenvalue weighted by molar-refractivity contribution is 9.10. The summed E-state index contributed by atoms with van der Waals surface area (Å²) < 4.78 is 0.846. The topological polar surface area (TPSA) is 55.1 Å². The summed E-state index contributed by atoms with van der Waals surface area (Å²) in [6.45, 7) is 0.622. The zero-order chi connectivity index (χ0) is 13.1. The molecule has 1 saturated carbocycles. The molecule has 19 heavy (non-hydrogen) atoms. The van der Waals surface area contributed by atoms with Gasteiger partial charge in [0.2, 0.25) is 0 Å². The van der Waals surface area contributed by atoms with Crippen molar-refractivity contribution in [3.8, 4) is 0 Å². The van der Waals surface area contributed by atoms with Gasteiger partial charge in [-0.3, -0.25) is 4.79 Å². The second-order valence-electron chi connectivity index (χ2n) is 4.63. The van der Waals surface area contributed by atoms with Crippen molar-refractivity contribution in [2.24, 2.45) is 11.7 Å². The molecule has 6 heteroatoms. The fourth-order valence-corrected chi connectivity index (χ4v) is 2.99. The van der Waals surface area contributed by atoms with Crippen LogP contribution >= 0.6 is 39.9 Å². The van der Waals surface area contributed by atoms with Crippen molar-refractivity contribution in [3.63, 3.8) is 0 Å². The van der Waals surface area contributed by atoms with Crippen molar-refractivity contribution in [2.45, 2.75) is 25.3 Å². The van der Waals surface area contributed by atoms with Crippen molar-refractivity contribution >= 4 is 45.8 Å². The van der Waals surface area contributed by atoms with Crippen molar-refractivity contribution in [1.29, 1.82) is 0 Å². The Morgan fingerprint density at radius 3 is 2.89 bits per heavy atom. The summed E-state index contributed by atoms with van der Waals surface area (Å²) in [4.78, 5) is 12.2. The van der Waals surface area contributed by atoms with Crippen LogP contribution in [0.2, 0.25) is 5.02 Å². The predicted molar refractivity (Wildman–Crippen MR) is 84.0 cm³/mol. The van der Waals surface area contributed by atoms with Crippen molar-refractivity contribution in [1.82, 2.24) is 5.32 Å². The minimum absolute atomic E-state index is 0. The highest BCUT2D eigenvalue weighted by atomic mass is 79.9. The molecule has 1 fully saturated rings. The van der Waals surface area contributed by atoms with Crippen LogP contribution in [0.5, 0.6) is 0 Å². The maximum atomic E-state index is 12.2. The summed E-state index contributed by atoms with van der Waals surface area (Å²) in [6.07, 6.45) is 3.21. The van der Waals surface area contributed by atoms with E-state index >= 15 is 0 Å². The van der Waals surface area contributed by atoms with Gasteiger partial charge in [0.05, 0.1) is 10.6 Å². The number of nitrogens with one attached hydrogen (secondary N) is 1. The molecule has 3 nitrogen and oxygen atoms in total. The Kier molecular flexibility index (Phi) is 6.60. The Balaban J connectivity index is 0.00000180. The number of rotatable bonds is 3. The van der Waals surface area contributed by atoms with Gasteiger partial charge in [0.25, 0.3) is 5.91 Å². The lowest BCUT2D eigenvalue weighted by Gasteiger charge is -2.19. The van der Waals surface area contributed by atoms with E-state index in [1.165, 1.54) is 0 Å². The van der Waals surface area contributed by atoms with Crippen molar-refractivity contribution < 1.29 is 4.79 Å². The van der Waals surface area contributed by atoms with Gasteiger partial charge in [-0.2, -0.15) is 0 Å². The van der Waals surface area contributed by atoms with Gasteiger partial charge in [-0.05, 0) is 43.5 Å². The second-order valence-corrected chi connectivity index (χ2v) is 5.95. The number of nitrogens with two attached hydrogens (primary N) is 1. The first kappa shape index (κ1) is 16.8. The second kappa shape index (κ2) is 7.48.